The lowest BCUT2D eigenvalue weighted by Crippen LogP contribution is -2.28. The van der Waals surface area contributed by atoms with Crippen molar-refractivity contribution in [3.63, 3.8) is 0 Å². The maximum Gasteiger partial charge on any atom is 0.243 e. The molecule has 8 heteroatoms. The Balaban J connectivity index is 1.20. The number of hydrogen-bond donors (Lipinski definition) is 1. The zero-order valence-corrected chi connectivity index (χ0v) is 15.3. The molecule has 1 aliphatic heterocycles. The largest absolute Gasteiger partial charge is 0.353 e. The van der Waals surface area contributed by atoms with Gasteiger partial charge in [-0.1, -0.05) is 0 Å². The maximum atomic E-state index is 13.9. The number of piperidine rings is 1. The van der Waals surface area contributed by atoms with Crippen molar-refractivity contribution in [2.75, 3.05) is 24.5 Å². The number of nitrogens with zero attached hydrogens (tertiary/aromatic N) is 4. The van der Waals surface area contributed by atoms with E-state index >= 15 is 0 Å². The number of aromatic nitrogens is 3. The summed E-state index contributed by atoms with van der Waals surface area (Å²) in [7, 11) is 0. The third kappa shape index (κ3) is 4.08. The van der Waals surface area contributed by atoms with Gasteiger partial charge in [0.15, 0.2) is 11.6 Å². The SMILES string of the molecule is O=C(/C=C/c1ccncc1)NCCC1[C@H]2CN(c3nc(Cl)ncc3F)C[C@@H]12. The minimum Gasteiger partial charge on any atom is -0.353 e. The summed E-state index contributed by atoms with van der Waals surface area (Å²) in [5.41, 5.74) is 0.939. The highest BCUT2D eigenvalue weighted by atomic mass is 35.5. The standard InChI is InChI=1S/C19H19ClFN5O/c20-19-24-9-16(21)18(25-19)26-10-14-13(15(14)11-26)5-8-23-17(27)2-1-12-3-6-22-7-4-12/h1-4,6-7,9,13-15H,5,8,10-11H2,(H,23,27)/b2-1+/t13?,14-,15+. The molecule has 2 aliphatic rings. The van der Waals surface area contributed by atoms with E-state index in [4.69, 9.17) is 11.6 Å². The molecular weight excluding hydrogens is 369 g/mol. The molecule has 1 saturated heterocycles. The molecule has 6 nitrogen and oxygen atoms in total. The Hall–Kier alpha value is -2.54. The molecule has 1 amide bonds. The van der Waals surface area contributed by atoms with Crippen molar-refractivity contribution in [3.05, 3.63) is 53.5 Å². The fourth-order valence-corrected chi connectivity index (χ4v) is 4.01. The van der Waals surface area contributed by atoms with Crippen molar-refractivity contribution >= 4 is 29.4 Å². The van der Waals surface area contributed by atoms with E-state index in [2.05, 4.69) is 20.3 Å². The predicted molar refractivity (Wildman–Crippen MR) is 101 cm³/mol. The van der Waals surface area contributed by atoms with Gasteiger partial charge in [0.2, 0.25) is 11.2 Å². The average molecular weight is 388 g/mol. The third-order valence-corrected chi connectivity index (χ3v) is 5.46. The van der Waals surface area contributed by atoms with Crippen molar-refractivity contribution in [2.24, 2.45) is 17.8 Å². The lowest BCUT2D eigenvalue weighted by molar-refractivity contribution is -0.116. The molecular formula is C19H19ClFN5O. The number of carbonyl (C=O) groups is 1. The summed E-state index contributed by atoms with van der Waals surface area (Å²) in [6.07, 6.45) is 8.72. The van der Waals surface area contributed by atoms with Crippen LogP contribution in [0.25, 0.3) is 6.08 Å². The van der Waals surface area contributed by atoms with Gasteiger partial charge in [-0.15, -0.1) is 0 Å². The van der Waals surface area contributed by atoms with Gasteiger partial charge in [0, 0.05) is 38.1 Å². The van der Waals surface area contributed by atoms with E-state index in [1.165, 1.54) is 6.08 Å². The molecule has 0 aromatic carbocycles. The number of carbonyl (C=O) groups excluding carboxylic acids is 1. The van der Waals surface area contributed by atoms with Crippen molar-refractivity contribution in [2.45, 2.75) is 6.42 Å². The van der Waals surface area contributed by atoms with Gasteiger partial charge in [0.25, 0.3) is 0 Å². The molecule has 0 radical (unpaired) electrons. The van der Waals surface area contributed by atoms with Crippen LogP contribution < -0.4 is 10.2 Å². The van der Waals surface area contributed by atoms with Crippen molar-refractivity contribution in [1.29, 1.82) is 0 Å². The first-order valence-electron chi connectivity index (χ1n) is 8.91. The predicted octanol–water partition coefficient (Wildman–Crippen LogP) is 2.57. The van der Waals surface area contributed by atoms with Crippen LogP contribution in [-0.4, -0.2) is 40.5 Å². The fourth-order valence-electron chi connectivity index (χ4n) is 3.88. The summed E-state index contributed by atoms with van der Waals surface area (Å²) in [6.45, 7) is 2.19. The van der Waals surface area contributed by atoms with Gasteiger partial charge >= 0.3 is 0 Å². The molecule has 3 heterocycles. The lowest BCUT2D eigenvalue weighted by Gasteiger charge is -2.21. The molecule has 2 fully saturated rings. The Morgan fingerprint density at radius 3 is 2.81 bits per heavy atom. The average Bonchev–Trinajstić information content (AvgIpc) is 3.12. The molecule has 1 saturated carbocycles. The monoisotopic (exact) mass is 387 g/mol. The quantitative estimate of drug-likeness (QED) is 0.609. The summed E-state index contributed by atoms with van der Waals surface area (Å²) in [4.78, 5) is 25.4. The number of rotatable bonds is 6. The smallest absolute Gasteiger partial charge is 0.243 e. The van der Waals surface area contributed by atoms with Gasteiger partial charge in [-0.3, -0.25) is 9.78 Å². The number of halogens is 2. The van der Waals surface area contributed by atoms with Crippen molar-refractivity contribution in [1.82, 2.24) is 20.3 Å². The van der Waals surface area contributed by atoms with Gasteiger partial charge in [-0.2, -0.15) is 4.98 Å². The first kappa shape index (κ1) is 17.9. The molecule has 0 spiro atoms. The van der Waals surface area contributed by atoms with Crippen LogP contribution >= 0.6 is 11.6 Å². The molecule has 0 bridgehead atoms. The Morgan fingerprint density at radius 2 is 2.07 bits per heavy atom. The molecule has 1 N–H and O–H groups in total. The third-order valence-electron chi connectivity index (χ3n) is 5.28. The fraction of sp³-hybridized carbons (Fsp3) is 0.368. The number of nitrogens with one attached hydrogen (secondary N) is 1. The number of hydrogen-bond acceptors (Lipinski definition) is 5. The molecule has 3 atom stereocenters. The van der Waals surface area contributed by atoms with Crippen LogP contribution in [0.1, 0.15) is 12.0 Å². The summed E-state index contributed by atoms with van der Waals surface area (Å²) in [5, 5.41) is 2.98. The van der Waals surface area contributed by atoms with Gasteiger partial charge in [-0.25, -0.2) is 9.37 Å². The van der Waals surface area contributed by atoms with Crippen LogP contribution in [0.3, 0.4) is 0 Å². The van der Waals surface area contributed by atoms with Gasteiger partial charge < -0.3 is 10.2 Å². The maximum absolute atomic E-state index is 13.9. The van der Waals surface area contributed by atoms with E-state index < -0.39 is 5.82 Å². The zero-order valence-electron chi connectivity index (χ0n) is 14.6. The van der Waals surface area contributed by atoms with E-state index in [0.717, 1.165) is 31.3 Å². The van der Waals surface area contributed by atoms with E-state index in [-0.39, 0.29) is 17.0 Å². The van der Waals surface area contributed by atoms with Crippen molar-refractivity contribution in [3.8, 4) is 0 Å². The van der Waals surface area contributed by atoms with Gasteiger partial charge in [0.05, 0.1) is 6.20 Å². The highest BCUT2D eigenvalue weighted by molar-refractivity contribution is 6.28. The summed E-state index contributed by atoms with van der Waals surface area (Å²) in [5.74, 6) is 1.38. The molecule has 2 aromatic heterocycles. The first-order chi connectivity index (χ1) is 13.1. The van der Waals surface area contributed by atoms with E-state index in [1.54, 1.807) is 18.5 Å². The van der Waals surface area contributed by atoms with Crippen LogP contribution in [0.2, 0.25) is 5.28 Å². The molecule has 140 valence electrons. The first-order valence-corrected chi connectivity index (χ1v) is 9.28. The van der Waals surface area contributed by atoms with Gasteiger partial charge in [-0.05, 0) is 59.5 Å². The second-order valence-electron chi connectivity index (χ2n) is 6.90. The van der Waals surface area contributed by atoms with E-state index in [1.807, 2.05) is 17.0 Å². The number of anilines is 1. The number of fused-ring (bicyclic) bond motifs is 1. The molecule has 1 aliphatic carbocycles. The summed E-state index contributed by atoms with van der Waals surface area (Å²) >= 11 is 5.77. The van der Waals surface area contributed by atoms with Crippen molar-refractivity contribution < 1.29 is 9.18 Å². The van der Waals surface area contributed by atoms with Crippen LogP contribution in [0.5, 0.6) is 0 Å². The van der Waals surface area contributed by atoms with Crippen LogP contribution in [0.15, 0.2) is 36.8 Å². The number of pyridine rings is 1. The molecule has 4 rings (SSSR count). The zero-order chi connectivity index (χ0) is 18.8. The van der Waals surface area contributed by atoms with Crippen LogP contribution in [-0.2, 0) is 4.79 Å². The molecule has 1 unspecified atom stereocenters. The van der Waals surface area contributed by atoms with E-state index in [0.29, 0.717) is 24.3 Å². The van der Waals surface area contributed by atoms with Crippen LogP contribution in [0.4, 0.5) is 10.2 Å². The number of amides is 1. The highest BCUT2D eigenvalue weighted by Gasteiger charge is 2.55. The minimum atomic E-state index is -0.439. The minimum absolute atomic E-state index is 0.0612. The Kier molecular flexibility index (Phi) is 5.03. The topological polar surface area (TPSA) is 71.0 Å². The second kappa shape index (κ2) is 7.60. The Morgan fingerprint density at radius 1 is 1.33 bits per heavy atom. The second-order valence-corrected chi connectivity index (χ2v) is 7.24. The van der Waals surface area contributed by atoms with Gasteiger partial charge in [0.1, 0.15) is 0 Å². The Labute approximate surface area is 161 Å². The molecule has 2 aromatic rings. The highest BCUT2D eigenvalue weighted by Crippen LogP contribution is 2.54. The summed E-state index contributed by atoms with van der Waals surface area (Å²) < 4.78 is 13.9. The lowest BCUT2D eigenvalue weighted by atomic mass is 10.2. The van der Waals surface area contributed by atoms with E-state index in [9.17, 15) is 9.18 Å². The van der Waals surface area contributed by atoms with Crippen LogP contribution in [0, 0.1) is 23.6 Å². The summed E-state index contributed by atoms with van der Waals surface area (Å²) in [6, 6.07) is 3.68. The molecule has 27 heavy (non-hydrogen) atoms. The normalized spacial score (nSPS) is 23.5. The Bertz CT molecular complexity index is 850.